The summed E-state index contributed by atoms with van der Waals surface area (Å²) < 4.78 is 87.4. The molecule has 0 spiro atoms. The number of nitrogens with zero attached hydrogens (tertiary/aromatic N) is 1. The van der Waals surface area contributed by atoms with Gasteiger partial charge in [0, 0.05) is 17.4 Å². The summed E-state index contributed by atoms with van der Waals surface area (Å²) in [5, 5.41) is 2.12. The summed E-state index contributed by atoms with van der Waals surface area (Å²) in [5.74, 6) is -8.02. The number of carbonyl (C=O) groups is 2. The number of pyridine rings is 1. The Morgan fingerprint density at radius 3 is 2.41 bits per heavy atom. The molecule has 0 atom stereocenters. The molecule has 0 aliphatic heterocycles. The van der Waals surface area contributed by atoms with Crippen molar-refractivity contribution in [3.63, 3.8) is 0 Å². The number of rotatable bonds is 7. The number of amides is 2. The molecule has 2 amide bonds. The maximum absolute atomic E-state index is 15.1. The molecule has 180 valence electrons. The number of alkyl halides is 3. The lowest BCUT2D eigenvalue weighted by molar-refractivity contribution is -0.113. The van der Waals surface area contributed by atoms with E-state index >= 15 is 4.39 Å². The number of ether oxygens (including phenoxy) is 1. The zero-order valence-corrected chi connectivity index (χ0v) is 17.7. The van der Waals surface area contributed by atoms with Gasteiger partial charge in [0.05, 0.1) is 5.57 Å². The quantitative estimate of drug-likeness (QED) is 0.249. The van der Waals surface area contributed by atoms with Crippen molar-refractivity contribution in [2.45, 2.75) is 20.0 Å². The van der Waals surface area contributed by atoms with E-state index in [1.165, 1.54) is 0 Å². The molecule has 3 N–H and O–H groups in total. The van der Waals surface area contributed by atoms with Crippen LogP contribution in [0.5, 0.6) is 5.75 Å². The van der Waals surface area contributed by atoms with Gasteiger partial charge in [-0.1, -0.05) is 12.7 Å². The molecule has 0 saturated carbocycles. The van der Waals surface area contributed by atoms with Crippen LogP contribution in [0.3, 0.4) is 0 Å². The molecule has 1 aromatic carbocycles. The number of carbonyl (C=O) groups excluding carboxylic acids is 2. The molecule has 12 heteroatoms. The number of hydrogen-bond donors (Lipinski definition) is 2. The van der Waals surface area contributed by atoms with Gasteiger partial charge in [-0.05, 0) is 38.1 Å². The van der Waals surface area contributed by atoms with Gasteiger partial charge in [-0.3, -0.25) is 14.6 Å². The van der Waals surface area contributed by atoms with Crippen molar-refractivity contribution in [2.75, 3.05) is 5.32 Å². The average Bonchev–Trinajstić information content (AvgIpc) is 2.74. The third-order valence-corrected chi connectivity index (χ3v) is 4.37. The fourth-order valence-corrected chi connectivity index (χ4v) is 2.68. The molecule has 34 heavy (non-hydrogen) atoms. The Morgan fingerprint density at radius 1 is 1.21 bits per heavy atom. The number of anilines is 1. The van der Waals surface area contributed by atoms with E-state index in [1.54, 1.807) is 0 Å². The minimum atomic E-state index is -5.23. The van der Waals surface area contributed by atoms with E-state index in [9.17, 15) is 31.5 Å². The van der Waals surface area contributed by atoms with Crippen LogP contribution in [0.1, 0.15) is 23.0 Å². The first-order valence-electron chi connectivity index (χ1n) is 9.28. The van der Waals surface area contributed by atoms with E-state index < -0.39 is 52.4 Å². The smallest absolute Gasteiger partial charge is 0.419 e. The van der Waals surface area contributed by atoms with Crippen LogP contribution in [0.15, 0.2) is 65.8 Å². The molecule has 2 aromatic rings. The average molecular weight is 485 g/mol. The van der Waals surface area contributed by atoms with Crippen LogP contribution in [0.25, 0.3) is 0 Å². The second kappa shape index (κ2) is 10.2. The monoisotopic (exact) mass is 485 g/mol. The molecular formula is C22H17F6N3O3. The predicted molar refractivity (Wildman–Crippen MR) is 110 cm³/mol. The van der Waals surface area contributed by atoms with Gasteiger partial charge in [0.25, 0.3) is 11.8 Å². The van der Waals surface area contributed by atoms with Crippen molar-refractivity contribution in [2.24, 2.45) is 5.73 Å². The van der Waals surface area contributed by atoms with Crippen LogP contribution < -0.4 is 15.8 Å². The molecule has 0 radical (unpaired) electrons. The first kappa shape index (κ1) is 26.2. The molecule has 0 bridgehead atoms. The van der Waals surface area contributed by atoms with Crippen molar-refractivity contribution >= 4 is 17.5 Å². The Labute approximate surface area is 189 Å². The Morgan fingerprint density at radius 2 is 1.85 bits per heavy atom. The Balaban J connectivity index is 2.64. The Kier molecular flexibility index (Phi) is 7.88. The fraction of sp³-hybridized carbons (Fsp3) is 0.136. The second-order valence-corrected chi connectivity index (χ2v) is 6.70. The summed E-state index contributed by atoms with van der Waals surface area (Å²) in [4.78, 5) is 27.7. The summed E-state index contributed by atoms with van der Waals surface area (Å²) in [6, 6.07) is 3.81. The predicted octanol–water partition coefficient (Wildman–Crippen LogP) is 5.03. The number of halogens is 6. The van der Waals surface area contributed by atoms with Crippen LogP contribution >= 0.6 is 0 Å². The number of primary amides is 1. The number of nitrogens with one attached hydrogen (secondary N) is 1. The van der Waals surface area contributed by atoms with Gasteiger partial charge in [-0.25, -0.2) is 13.2 Å². The van der Waals surface area contributed by atoms with Gasteiger partial charge in [-0.2, -0.15) is 13.2 Å². The molecular weight excluding hydrogens is 468 g/mol. The number of aromatic nitrogens is 1. The highest BCUT2D eigenvalue weighted by molar-refractivity contribution is 6.07. The first-order valence-corrected chi connectivity index (χ1v) is 9.28. The third kappa shape index (κ3) is 5.82. The topological polar surface area (TPSA) is 94.3 Å². The maximum Gasteiger partial charge on any atom is 0.419 e. The lowest BCUT2D eigenvalue weighted by atomic mass is 10.1. The van der Waals surface area contributed by atoms with E-state index in [-0.39, 0.29) is 28.8 Å². The molecule has 0 fully saturated rings. The van der Waals surface area contributed by atoms with E-state index in [2.05, 4.69) is 16.9 Å². The van der Waals surface area contributed by atoms with Gasteiger partial charge >= 0.3 is 6.18 Å². The molecule has 1 aromatic heterocycles. The summed E-state index contributed by atoms with van der Waals surface area (Å²) in [6.45, 7) is 4.98. The largest absolute Gasteiger partial charge is 0.461 e. The summed E-state index contributed by atoms with van der Waals surface area (Å²) in [7, 11) is 0. The van der Waals surface area contributed by atoms with Crippen LogP contribution in [-0.2, 0) is 4.79 Å². The van der Waals surface area contributed by atoms with Gasteiger partial charge < -0.3 is 15.8 Å². The lowest BCUT2D eigenvalue weighted by Crippen LogP contribution is -2.22. The molecule has 0 unspecified atom stereocenters. The van der Waals surface area contributed by atoms with Gasteiger partial charge in [0.1, 0.15) is 22.8 Å². The van der Waals surface area contributed by atoms with E-state index in [0.29, 0.717) is 6.07 Å². The first-order chi connectivity index (χ1) is 15.8. The summed E-state index contributed by atoms with van der Waals surface area (Å²) in [6.07, 6.45) is -3.99. The highest BCUT2D eigenvalue weighted by Gasteiger charge is 2.38. The number of nitrogens with two attached hydrogens (primary N) is 1. The van der Waals surface area contributed by atoms with Crippen LogP contribution in [0.4, 0.5) is 32.0 Å². The highest BCUT2D eigenvalue weighted by atomic mass is 19.4. The van der Waals surface area contributed by atoms with Crippen molar-refractivity contribution < 1.29 is 40.7 Å². The standard InChI is InChI=1S/C22H17F6N3O3/c1-4-13(22(26,27)28)19(25)17(11(3)34-16-6-5-14(23)18(24)10(16)2)21(33)31-12-7-8-30-15(9-12)20(29)32/h4-9H,1H2,2-3H3,(H2,29,32)(H,30,31,33)/b17-11-,19-13-. The molecule has 0 saturated heterocycles. The normalized spacial score (nSPS) is 12.9. The number of benzene rings is 1. The van der Waals surface area contributed by atoms with Crippen LogP contribution in [0, 0.1) is 18.6 Å². The van der Waals surface area contributed by atoms with Crippen molar-refractivity contribution in [1.82, 2.24) is 4.98 Å². The molecule has 0 aliphatic rings. The lowest BCUT2D eigenvalue weighted by Gasteiger charge is -2.17. The van der Waals surface area contributed by atoms with E-state index in [4.69, 9.17) is 10.5 Å². The second-order valence-electron chi connectivity index (χ2n) is 6.70. The number of hydrogen-bond acceptors (Lipinski definition) is 4. The van der Waals surface area contributed by atoms with E-state index in [0.717, 1.165) is 38.2 Å². The zero-order valence-electron chi connectivity index (χ0n) is 17.7. The fourth-order valence-electron chi connectivity index (χ4n) is 2.68. The van der Waals surface area contributed by atoms with Crippen LogP contribution in [-0.4, -0.2) is 23.0 Å². The SMILES string of the molecule is C=C/C(=C(F)\C(C(=O)Nc1ccnc(C(N)=O)c1)=C(/C)Oc1ccc(F)c(F)c1C)C(F)(F)F. The molecule has 2 rings (SSSR count). The number of allylic oxidation sites excluding steroid dienone is 3. The van der Waals surface area contributed by atoms with Crippen LogP contribution in [0.2, 0.25) is 0 Å². The van der Waals surface area contributed by atoms with Crippen molar-refractivity contribution in [3.8, 4) is 5.75 Å². The minimum Gasteiger partial charge on any atom is -0.461 e. The minimum absolute atomic E-state index is 0.150. The third-order valence-electron chi connectivity index (χ3n) is 4.37. The Hall–Kier alpha value is -4.09. The zero-order chi connectivity index (χ0) is 25.8. The summed E-state index contributed by atoms with van der Waals surface area (Å²) >= 11 is 0. The molecule has 0 aliphatic carbocycles. The highest BCUT2D eigenvalue weighted by Crippen LogP contribution is 2.35. The van der Waals surface area contributed by atoms with Crippen molar-refractivity contribution in [3.05, 3.63) is 88.7 Å². The maximum atomic E-state index is 15.1. The van der Waals surface area contributed by atoms with E-state index in [1.807, 2.05) is 0 Å². The Bertz CT molecular complexity index is 1220. The summed E-state index contributed by atoms with van der Waals surface area (Å²) in [5.41, 5.74) is 1.19. The van der Waals surface area contributed by atoms with Gasteiger partial charge in [0.15, 0.2) is 17.5 Å². The van der Waals surface area contributed by atoms with Gasteiger partial charge in [-0.15, -0.1) is 0 Å². The van der Waals surface area contributed by atoms with Crippen molar-refractivity contribution in [1.29, 1.82) is 0 Å². The molecule has 6 nitrogen and oxygen atoms in total. The molecule has 1 heterocycles. The van der Waals surface area contributed by atoms with Gasteiger partial charge in [0.2, 0.25) is 0 Å².